The lowest BCUT2D eigenvalue weighted by atomic mass is 10.1. The van der Waals surface area contributed by atoms with Gasteiger partial charge >= 0.3 is 0 Å². The Labute approximate surface area is 164 Å². The van der Waals surface area contributed by atoms with E-state index in [9.17, 15) is 4.79 Å². The summed E-state index contributed by atoms with van der Waals surface area (Å²) >= 11 is 3.40. The molecule has 4 aromatic rings. The predicted molar refractivity (Wildman–Crippen MR) is 108 cm³/mol. The summed E-state index contributed by atoms with van der Waals surface area (Å²) in [4.78, 5) is 17.0. The number of ether oxygens (including phenoxy) is 1. The van der Waals surface area contributed by atoms with E-state index in [2.05, 4.69) is 26.2 Å². The Morgan fingerprint density at radius 3 is 2.59 bits per heavy atom. The standard InChI is InChI=1S/C21H15BrN2O3/c1-26-15-10-11-17(22)16(12-15)20(25)23-14-8-6-13(7-9-14)21-24-18-4-2-3-5-19(18)27-21/h2-12H,1H3,(H,23,25). The van der Waals surface area contributed by atoms with Gasteiger partial charge in [0.1, 0.15) is 11.3 Å². The van der Waals surface area contributed by atoms with Crippen LogP contribution < -0.4 is 10.1 Å². The van der Waals surface area contributed by atoms with Crippen molar-refractivity contribution in [3.05, 3.63) is 76.8 Å². The summed E-state index contributed by atoms with van der Waals surface area (Å²) in [6, 6.07) is 20.2. The number of rotatable bonds is 4. The average molecular weight is 423 g/mol. The van der Waals surface area contributed by atoms with Crippen LogP contribution in [-0.2, 0) is 0 Å². The van der Waals surface area contributed by atoms with Gasteiger partial charge < -0.3 is 14.5 Å². The van der Waals surface area contributed by atoms with Gasteiger partial charge in [0.05, 0.1) is 12.7 Å². The van der Waals surface area contributed by atoms with Crippen LogP contribution in [0.15, 0.2) is 75.6 Å². The number of aromatic nitrogens is 1. The van der Waals surface area contributed by atoms with Gasteiger partial charge in [0, 0.05) is 15.7 Å². The quantitative estimate of drug-likeness (QED) is 0.470. The molecule has 1 aromatic heterocycles. The third-order valence-corrected chi connectivity index (χ3v) is 4.79. The van der Waals surface area contributed by atoms with Crippen LogP contribution in [0.3, 0.4) is 0 Å². The molecule has 0 bridgehead atoms. The van der Waals surface area contributed by atoms with Crippen molar-refractivity contribution in [2.45, 2.75) is 0 Å². The van der Waals surface area contributed by atoms with Crippen LogP contribution in [0.25, 0.3) is 22.6 Å². The third kappa shape index (κ3) is 3.57. The van der Waals surface area contributed by atoms with Crippen molar-refractivity contribution in [3.63, 3.8) is 0 Å². The molecule has 1 amide bonds. The minimum absolute atomic E-state index is 0.226. The smallest absolute Gasteiger partial charge is 0.256 e. The average Bonchev–Trinajstić information content (AvgIpc) is 3.13. The number of carbonyl (C=O) groups excluding carboxylic acids is 1. The maximum atomic E-state index is 12.5. The fraction of sp³-hybridized carbons (Fsp3) is 0.0476. The first-order valence-electron chi connectivity index (χ1n) is 8.25. The molecular formula is C21H15BrN2O3. The molecule has 6 heteroatoms. The van der Waals surface area contributed by atoms with Crippen LogP contribution in [0, 0.1) is 0 Å². The van der Waals surface area contributed by atoms with E-state index in [0.29, 0.717) is 27.4 Å². The number of anilines is 1. The minimum atomic E-state index is -0.226. The maximum absolute atomic E-state index is 12.5. The van der Waals surface area contributed by atoms with Crippen LogP contribution in [0.1, 0.15) is 10.4 Å². The number of fused-ring (bicyclic) bond motifs is 1. The molecule has 0 spiro atoms. The number of nitrogens with one attached hydrogen (secondary N) is 1. The van der Waals surface area contributed by atoms with Crippen molar-refractivity contribution < 1.29 is 13.9 Å². The minimum Gasteiger partial charge on any atom is -0.497 e. The fourth-order valence-corrected chi connectivity index (χ4v) is 3.12. The van der Waals surface area contributed by atoms with E-state index in [1.807, 2.05) is 48.5 Å². The van der Waals surface area contributed by atoms with Gasteiger partial charge in [-0.15, -0.1) is 0 Å². The zero-order valence-electron chi connectivity index (χ0n) is 14.4. The third-order valence-electron chi connectivity index (χ3n) is 4.10. The van der Waals surface area contributed by atoms with Gasteiger partial charge in [-0.25, -0.2) is 4.98 Å². The highest BCUT2D eigenvalue weighted by Crippen LogP contribution is 2.26. The number of hydrogen-bond donors (Lipinski definition) is 1. The Bertz CT molecular complexity index is 1090. The molecule has 1 N–H and O–H groups in total. The fourth-order valence-electron chi connectivity index (χ4n) is 2.70. The van der Waals surface area contributed by atoms with E-state index in [0.717, 1.165) is 16.7 Å². The van der Waals surface area contributed by atoms with Gasteiger partial charge in [-0.05, 0) is 70.5 Å². The van der Waals surface area contributed by atoms with E-state index < -0.39 is 0 Å². The number of para-hydroxylation sites is 2. The van der Waals surface area contributed by atoms with Crippen molar-refractivity contribution in [1.29, 1.82) is 0 Å². The molecule has 0 saturated carbocycles. The summed E-state index contributed by atoms with van der Waals surface area (Å²) in [7, 11) is 1.57. The van der Waals surface area contributed by atoms with Crippen LogP contribution >= 0.6 is 15.9 Å². The molecule has 27 heavy (non-hydrogen) atoms. The Morgan fingerprint density at radius 2 is 1.85 bits per heavy atom. The second-order valence-electron chi connectivity index (χ2n) is 5.86. The zero-order chi connectivity index (χ0) is 18.8. The van der Waals surface area contributed by atoms with Crippen LogP contribution in [0.2, 0.25) is 0 Å². The van der Waals surface area contributed by atoms with Crippen LogP contribution in [0.4, 0.5) is 5.69 Å². The highest BCUT2D eigenvalue weighted by molar-refractivity contribution is 9.10. The summed E-state index contributed by atoms with van der Waals surface area (Å²) < 4.78 is 11.6. The van der Waals surface area contributed by atoms with E-state index >= 15 is 0 Å². The molecule has 0 aliphatic heterocycles. The molecule has 0 radical (unpaired) electrons. The number of benzene rings is 3. The van der Waals surface area contributed by atoms with E-state index in [1.54, 1.807) is 25.3 Å². The molecule has 5 nitrogen and oxygen atoms in total. The summed E-state index contributed by atoms with van der Waals surface area (Å²) in [5.41, 5.74) is 3.57. The number of nitrogens with zero attached hydrogens (tertiary/aromatic N) is 1. The van der Waals surface area contributed by atoms with Gasteiger partial charge in [0.25, 0.3) is 5.91 Å². The van der Waals surface area contributed by atoms with Crippen molar-refractivity contribution in [1.82, 2.24) is 4.98 Å². The Morgan fingerprint density at radius 1 is 1.07 bits per heavy atom. The molecule has 134 valence electrons. The zero-order valence-corrected chi connectivity index (χ0v) is 16.0. The highest BCUT2D eigenvalue weighted by Gasteiger charge is 2.13. The van der Waals surface area contributed by atoms with Crippen molar-refractivity contribution in [2.75, 3.05) is 12.4 Å². The molecule has 0 fully saturated rings. The summed E-state index contributed by atoms with van der Waals surface area (Å²) in [6.07, 6.45) is 0. The second kappa shape index (κ2) is 7.25. The largest absolute Gasteiger partial charge is 0.497 e. The number of methoxy groups -OCH3 is 1. The van der Waals surface area contributed by atoms with Crippen molar-refractivity contribution in [2.24, 2.45) is 0 Å². The molecule has 0 aliphatic rings. The van der Waals surface area contributed by atoms with Crippen LogP contribution in [0.5, 0.6) is 5.75 Å². The van der Waals surface area contributed by atoms with Gasteiger partial charge in [-0.1, -0.05) is 12.1 Å². The SMILES string of the molecule is COc1ccc(Br)c(C(=O)Nc2ccc(-c3nc4ccccc4o3)cc2)c1. The van der Waals surface area contributed by atoms with Gasteiger partial charge in [-0.3, -0.25) is 4.79 Å². The molecular weight excluding hydrogens is 408 g/mol. The van der Waals surface area contributed by atoms with Gasteiger partial charge in [0.15, 0.2) is 5.58 Å². The molecule has 1 heterocycles. The lowest BCUT2D eigenvalue weighted by molar-refractivity contribution is 0.102. The summed E-state index contributed by atoms with van der Waals surface area (Å²) in [6.45, 7) is 0. The van der Waals surface area contributed by atoms with E-state index in [1.165, 1.54) is 0 Å². The second-order valence-corrected chi connectivity index (χ2v) is 6.72. The number of carbonyl (C=O) groups is 1. The van der Waals surface area contributed by atoms with Gasteiger partial charge in [-0.2, -0.15) is 0 Å². The first kappa shape index (κ1) is 17.3. The first-order valence-corrected chi connectivity index (χ1v) is 9.04. The van der Waals surface area contributed by atoms with Crippen molar-refractivity contribution >= 4 is 38.6 Å². The molecule has 3 aromatic carbocycles. The Balaban J connectivity index is 1.55. The lowest BCUT2D eigenvalue weighted by Gasteiger charge is -2.09. The Kier molecular flexibility index (Phi) is 4.64. The topological polar surface area (TPSA) is 64.4 Å². The lowest BCUT2D eigenvalue weighted by Crippen LogP contribution is -2.12. The van der Waals surface area contributed by atoms with Crippen LogP contribution in [-0.4, -0.2) is 18.0 Å². The number of amides is 1. The normalized spacial score (nSPS) is 10.7. The summed E-state index contributed by atoms with van der Waals surface area (Å²) in [5.74, 6) is 0.940. The van der Waals surface area contributed by atoms with E-state index in [4.69, 9.17) is 9.15 Å². The predicted octanol–water partition coefficient (Wildman–Crippen LogP) is 5.52. The Hall–Kier alpha value is -3.12. The monoisotopic (exact) mass is 422 g/mol. The molecule has 0 atom stereocenters. The molecule has 0 saturated heterocycles. The highest BCUT2D eigenvalue weighted by atomic mass is 79.9. The molecule has 0 unspecified atom stereocenters. The number of oxazole rings is 1. The maximum Gasteiger partial charge on any atom is 0.256 e. The van der Waals surface area contributed by atoms with E-state index in [-0.39, 0.29) is 5.91 Å². The summed E-state index contributed by atoms with van der Waals surface area (Å²) in [5, 5.41) is 2.88. The van der Waals surface area contributed by atoms with Gasteiger partial charge in [0.2, 0.25) is 5.89 Å². The first-order chi connectivity index (χ1) is 13.1. The molecule has 4 rings (SSSR count). The number of halogens is 1. The molecule has 0 aliphatic carbocycles. The number of hydrogen-bond acceptors (Lipinski definition) is 4. The van der Waals surface area contributed by atoms with Crippen molar-refractivity contribution in [3.8, 4) is 17.2 Å².